The molecule has 110 valence electrons. The standard InChI is InChI=1S/C15H18ClFO3/c1-9(14(19)20-15(2,3)4)13(18)8-10-11(16)6-5-7-12(10)17/h5-7,9H,8H2,1-4H3. The van der Waals surface area contributed by atoms with Crippen molar-refractivity contribution in [1.29, 1.82) is 0 Å². The maximum Gasteiger partial charge on any atom is 0.316 e. The van der Waals surface area contributed by atoms with Gasteiger partial charge in [-0.15, -0.1) is 0 Å². The van der Waals surface area contributed by atoms with Crippen LogP contribution in [0.25, 0.3) is 0 Å². The number of carbonyl (C=O) groups is 2. The molecule has 1 aromatic rings. The molecule has 0 spiro atoms. The second-order valence-corrected chi connectivity index (χ2v) is 6.01. The van der Waals surface area contributed by atoms with Crippen LogP contribution in [0.1, 0.15) is 33.3 Å². The summed E-state index contributed by atoms with van der Waals surface area (Å²) in [5.41, 5.74) is -0.559. The minimum Gasteiger partial charge on any atom is -0.459 e. The lowest BCUT2D eigenvalue weighted by molar-refractivity contribution is -0.161. The van der Waals surface area contributed by atoms with Gasteiger partial charge in [-0.25, -0.2) is 4.39 Å². The third kappa shape index (κ3) is 4.60. The third-order valence-corrected chi connectivity index (χ3v) is 3.01. The normalized spacial score (nSPS) is 12.9. The number of rotatable bonds is 4. The molecular weight excluding hydrogens is 283 g/mol. The number of hydrogen-bond acceptors (Lipinski definition) is 3. The van der Waals surface area contributed by atoms with E-state index in [0.717, 1.165) is 0 Å². The molecule has 0 bridgehead atoms. The van der Waals surface area contributed by atoms with Crippen LogP contribution in [0.15, 0.2) is 18.2 Å². The molecule has 0 aliphatic heterocycles. The van der Waals surface area contributed by atoms with Gasteiger partial charge in [0.2, 0.25) is 0 Å². The molecule has 0 radical (unpaired) electrons. The fourth-order valence-electron chi connectivity index (χ4n) is 1.55. The maximum absolute atomic E-state index is 13.6. The van der Waals surface area contributed by atoms with Crippen LogP contribution in [0.5, 0.6) is 0 Å². The minimum atomic E-state index is -0.954. The van der Waals surface area contributed by atoms with Crippen molar-refractivity contribution in [3.05, 3.63) is 34.6 Å². The first-order chi connectivity index (χ1) is 9.11. The van der Waals surface area contributed by atoms with Gasteiger partial charge < -0.3 is 4.74 Å². The van der Waals surface area contributed by atoms with E-state index in [1.54, 1.807) is 20.8 Å². The lowest BCUT2D eigenvalue weighted by Gasteiger charge is -2.21. The van der Waals surface area contributed by atoms with Crippen molar-refractivity contribution in [2.45, 2.75) is 39.7 Å². The summed E-state index contributed by atoms with van der Waals surface area (Å²) in [6, 6.07) is 4.20. The Balaban J connectivity index is 2.79. The van der Waals surface area contributed by atoms with Crippen LogP contribution in [-0.4, -0.2) is 17.4 Å². The van der Waals surface area contributed by atoms with Crippen molar-refractivity contribution in [3.8, 4) is 0 Å². The first-order valence-corrected chi connectivity index (χ1v) is 6.68. The summed E-state index contributed by atoms with van der Waals surface area (Å²) in [5, 5.41) is 0.176. The summed E-state index contributed by atoms with van der Waals surface area (Å²) >= 11 is 5.86. The Morgan fingerprint density at radius 1 is 1.35 bits per heavy atom. The van der Waals surface area contributed by atoms with E-state index in [1.807, 2.05) is 0 Å². The molecule has 1 unspecified atom stereocenters. The number of carbonyl (C=O) groups excluding carboxylic acids is 2. The molecule has 0 saturated carbocycles. The summed E-state index contributed by atoms with van der Waals surface area (Å²) in [6.07, 6.45) is -0.230. The Kier molecular flexibility index (Phi) is 5.28. The molecule has 0 fully saturated rings. The fraction of sp³-hybridized carbons (Fsp3) is 0.467. The van der Waals surface area contributed by atoms with E-state index in [0.29, 0.717) is 0 Å². The Hall–Kier alpha value is -1.42. The Morgan fingerprint density at radius 3 is 2.45 bits per heavy atom. The van der Waals surface area contributed by atoms with Crippen LogP contribution in [-0.2, 0) is 20.7 Å². The Bertz CT molecular complexity index is 500. The highest BCUT2D eigenvalue weighted by Crippen LogP contribution is 2.21. The van der Waals surface area contributed by atoms with Gasteiger partial charge in [-0.05, 0) is 39.8 Å². The highest BCUT2D eigenvalue weighted by Gasteiger charge is 2.28. The molecule has 20 heavy (non-hydrogen) atoms. The van der Waals surface area contributed by atoms with Gasteiger partial charge in [0.05, 0.1) is 0 Å². The molecule has 0 N–H and O–H groups in total. The zero-order valence-corrected chi connectivity index (χ0v) is 12.8. The number of ketones is 1. The second-order valence-electron chi connectivity index (χ2n) is 5.60. The van der Waals surface area contributed by atoms with Crippen LogP contribution in [0.4, 0.5) is 4.39 Å². The van der Waals surface area contributed by atoms with Gasteiger partial charge in [-0.1, -0.05) is 17.7 Å². The van der Waals surface area contributed by atoms with Gasteiger partial charge >= 0.3 is 5.97 Å². The van der Waals surface area contributed by atoms with Gasteiger partial charge in [0, 0.05) is 17.0 Å². The van der Waals surface area contributed by atoms with Crippen molar-refractivity contribution >= 4 is 23.4 Å². The van der Waals surface area contributed by atoms with E-state index < -0.39 is 29.1 Å². The highest BCUT2D eigenvalue weighted by molar-refractivity contribution is 6.31. The molecule has 0 aliphatic rings. The first kappa shape index (κ1) is 16.6. The van der Waals surface area contributed by atoms with Crippen molar-refractivity contribution in [1.82, 2.24) is 0 Å². The van der Waals surface area contributed by atoms with Crippen molar-refractivity contribution < 1.29 is 18.7 Å². The van der Waals surface area contributed by atoms with Crippen molar-refractivity contribution in [2.75, 3.05) is 0 Å². The molecular formula is C15H18ClFO3. The number of benzene rings is 1. The largest absolute Gasteiger partial charge is 0.459 e. The molecule has 3 nitrogen and oxygen atoms in total. The quantitative estimate of drug-likeness (QED) is 0.630. The zero-order valence-electron chi connectivity index (χ0n) is 12.0. The Morgan fingerprint density at radius 2 is 1.95 bits per heavy atom. The monoisotopic (exact) mass is 300 g/mol. The van der Waals surface area contributed by atoms with Crippen LogP contribution >= 0.6 is 11.6 Å². The zero-order chi connectivity index (χ0) is 15.5. The van der Waals surface area contributed by atoms with Crippen LogP contribution in [0.3, 0.4) is 0 Å². The second kappa shape index (κ2) is 6.35. The average molecular weight is 301 g/mol. The average Bonchev–Trinajstić information content (AvgIpc) is 2.30. The number of hydrogen-bond donors (Lipinski definition) is 0. The van der Waals surface area contributed by atoms with Gasteiger partial charge in [-0.3, -0.25) is 9.59 Å². The number of halogens is 2. The lowest BCUT2D eigenvalue weighted by atomic mass is 9.99. The summed E-state index contributed by atoms with van der Waals surface area (Å²) in [4.78, 5) is 23.8. The summed E-state index contributed by atoms with van der Waals surface area (Å²) in [6.45, 7) is 6.60. The predicted molar refractivity (Wildman–Crippen MR) is 75.1 cm³/mol. The molecule has 0 heterocycles. The van der Waals surface area contributed by atoms with E-state index in [1.165, 1.54) is 25.1 Å². The van der Waals surface area contributed by atoms with Gasteiger partial charge in [0.15, 0.2) is 5.78 Å². The number of Topliss-reactive ketones (excluding diaryl/α,β-unsaturated/α-hetero) is 1. The molecule has 0 aromatic heterocycles. The van der Waals surface area contributed by atoms with Gasteiger partial charge in [0.1, 0.15) is 17.3 Å². The van der Waals surface area contributed by atoms with Crippen LogP contribution < -0.4 is 0 Å². The van der Waals surface area contributed by atoms with E-state index >= 15 is 0 Å². The van der Waals surface area contributed by atoms with Crippen LogP contribution in [0.2, 0.25) is 5.02 Å². The van der Waals surface area contributed by atoms with E-state index in [-0.39, 0.29) is 17.0 Å². The third-order valence-electron chi connectivity index (χ3n) is 2.66. The molecule has 1 rings (SSSR count). The van der Waals surface area contributed by atoms with E-state index in [4.69, 9.17) is 16.3 Å². The molecule has 1 aromatic carbocycles. The summed E-state index contributed by atoms with van der Waals surface area (Å²) in [7, 11) is 0. The number of ether oxygens (including phenoxy) is 1. The molecule has 0 aliphatic carbocycles. The van der Waals surface area contributed by atoms with Crippen LogP contribution in [0, 0.1) is 11.7 Å². The van der Waals surface area contributed by atoms with E-state index in [2.05, 4.69) is 0 Å². The predicted octanol–water partition coefficient (Wildman–Crippen LogP) is 3.57. The van der Waals surface area contributed by atoms with Crippen molar-refractivity contribution in [2.24, 2.45) is 5.92 Å². The van der Waals surface area contributed by atoms with E-state index in [9.17, 15) is 14.0 Å². The van der Waals surface area contributed by atoms with Crippen molar-refractivity contribution in [3.63, 3.8) is 0 Å². The Labute approximate surface area is 123 Å². The fourth-order valence-corrected chi connectivity index (χ4v) is 1.78. The topological polar surface area (TPSA) is 43.4 Å². The van der Waals surface area contributed by atoms with Gasteiger partial charge in [-0.2, -0.15) is 0 Å². The van der Waals surface area contributed by atoms with Gasteiger partial charge in [0.25, 0.3) is 0 Å². The maximum atomic E-state index is 13.6. The molecule has 1 atom stereocenters. The molecule has 0 amide bonds. The number of esters is 1. The minimum absolute atomic E-state index is 0.106. The SMILES string of the molecule is CC(C(=O)Cc1c(F)cccc1Cl)C(=O)OC(C)(C)C. The summed E-state index contributed by atoms with van der Waals surface area (Å²) < 4.78 is 18.7. The molecule has 0 saturated heterocycles. The summed E-state index contributed by atoms with van der Waals surface area (Å²) in [5.74, 6) is -2.55. The molecule has 5 heteroatoms. The highest BCUT2D eigenvalue weighted by atomic mass is 35.5. The smallest absolute Gasteiger partial charge is 0.316 e. The first-order valence-electron chi connectivity index (χ1n) is 6.30. The lowest BCUT2D eigenvalue weighted by Crippen LogP contribution is -2.32.